The first-order chi connectivity index (χ1) is 12.7. The van der Waals surface area contributed by atoms with E-state index in [1.54, 1.807) is 18.2 Å². The molecule has 3 aromatic carbocycles. The molecule has 0 saturated carbocycles. The van der Waals surface area contributed by atoms with E-state index in [9.17, 15) is 4.79 Å². The number of benzene rings is 3. The second-order valence-electron chi connectivity index (χ2n) is 5.44. The quantitative estimate of drug-likeness (QED) is 0.549. The lowest BCUT2D eigenvalue weighted by Gasteiger charge is -2.14. The van der Waals surface area contributed by atoms with Gasteiger partial charge in [0.05, 0.1) is 17.9 Å². The first kappa shape index (κ1) is 18.0. The van der Waals surface area contributed by atoms with E-state index in [0.29, 0.717) is 35.1 Å². The second-order valence-corrected chi connectivity index (χ2v) is 6.35. The Labute approximate surface area is 160 Å². The van der Waals surface area contributed by atoms with Gasteiger partial charge in [-0.05, 0) is 49.4 Å². The molecule has 26 heavy (non-hydrogen) atoms. The largest absolute Gasteiger partial charge is 0.493 e. The van der Waals surface area contributed by atoms with Gasteiger partial charge < -0.3 is 14.8 Å². The highest BCUT2D eigenvalue weighted by molar-refractivity contribution is 9.10. The molecule has 4 nitrogen and oxygen atoms in total. The molecule has 0 aliphatic carbocycles. The van der Waals surface area contributed by atoms with E-state index < -0.39 is 0 Å². The van der Waals surface area contributed by atoms with Crippen molar-refractivity contribution in [3.05, 3.63) is 82.8 Å². The summed E-state index contributed by atoms with van der Waals surface area (Å²) in [5.41, 5.74) is 1.04. The smallest absolute Gasteiger partial charge is 0.259 e. The molecule has 0 aliphatic heterocycles. The van der Waals surface area contributed by atoms with Crippen LogP contribution in [0.2, 0.25) is 0 Å². The van der Waals surface area contributed by atoms with Gasteiger partial charge in [0.1, 0.15) is 11.5 Å². The van der Waals surface area contributed by atoms with Crippen LogP contribution in [-0.2, 0) is 0 Å². The molecule has 3 aromatic rings. The van der Waals surface area contributed by atoms with E-state index in [1.807, 2.05) is 61.5 Å². The maximum absolute atomic E-state index is 12.8. The van der Waals surface area contributed by atoms with Crippen molar-refractivity contribution in [2.75, 3.05) is 11.9 Å². The third-order valence-corrected chi connectivity index (χ3v) is 4.09. The van der Waals surface area contributed by atoms with Crippen molar-refractivity contribution >= 4 is 27.5 Å². The fraction of sp³-hybridized carbons (Fsp3) is 0.0952. The lowest BCUT2D eigenvalue weighted by Crippen LogP contribution is -2.14. The summed E-state index contributed by atoms with van der Waals surface area (Å²) in [4.78, 5) is 12.8. The number of para-hydroxylation sites is 3. The fourth-order valence-electron chi connectivity index (χ4n) is 2.43. The maximum atomic E-state index is 12.8. The molecule has 0 atom stereocenters. The molecule has 0 saturated heterocycles. The van der Waals surface area contributed by atoms with Gasteiger partial charge in [0, 0.05) is 4.47 Å². The van der Waals surface area contributed by atoms with Gasteiger partial charge in [0.15, 0.2) is 5.75 Å². The number of nitrogens with one attached hydrogen (secondary N) is 1. The third-order valence-electron chi connectivity index (χ3n) is 3.59. The van der Waals surface area contributed by atoms with Gasteiger partial charge in [0.25, 0.3) is 5.91 Å². The number of hydrogen-bond acceptors (Lipinski definition) is 3. The number of carbonyl (C=O) groups is 1. The minimum Gasteiger partial charge on any atom is -0.493 e. The molecule has 132 valence electrons. The van der Waals surface area contributed by atoms with Gasteiger partial charge in [-0.25, -0.2) is 0 Å². The predicted molar refractivity (Wildman–Crippen MR) is 106 cm³/mol. The maximum Gasteiger partial charge on any atom is 0.259 e. The molecule has 0 bridgehead atoms. The first-order valence-corrected chi connectivity index (χ1v) is 9.02. The van der Waals surface area contributed by atoms with Crippen molar-refractivity contribution in [1.29, 1.82) is 0 Å². The van der Waals surface area contributed by atoms with Gasteiger partial charge >= 0.3 is 0 Å². The normalized spacial score (nSPS) is 10.2. The zero-order chi connectivity index (χ0) is 18.4. The summed E-state index contributed by atoms with van der Waals surface area (Å²) in [6.07, 6.45) is 0. The number of ether oxygens (including phenoxy) is 2. The topological polar surface area (TPSA) is 47.6 Å². The molecule has 1 N–H and O–H groups in total. The molecule has 1 amide bonds. The van der Waals surface area contributed by atoms with Crippen LogP contribution >= 0.6 is 15.9 Å². The Hall–Kier alpha value is -2.79. The summed E-state index contributed by atoms with van der Waals surface area (Å²) in [6, 6.07) is 22.1. The van der Waals surface area contributed by atoms with Crippen LogP contribution in [0.3, 0.4) is 0 Å². The van der Waals surface area contributed by atoms with Crippen LogP contribution in [0.4, 0.5) is 5.69 Å². The molecule has 5 heteroatoms. The van der Waals surface area contributed by atoms with Gasteiger partial charge in [-0.3, -0.25) is 4.79 Å². The lowest BCUT2D eigenvalue weighted by atomic mass is 10.1. The van der Waals surface area contributed by atoms with E-state index in [2.05, 4.69) is 21.2 Å². The molecule has 0 heterocycles. The summed E-state index contributed by atoms with van der Waals surface area (Å²) in [5.74, 6) is 1.54. The highest BCUT2D eigenvalue weighted by atomic mass is 79.9. The average Bonchev–Trinajstić information content (AvgIpc) is 2.66. The lowest BCUT2D eigenvalue weighted by molar-refractivity contribution is 0.102. The van der Waals surface area contributed by atoms with Crippen LogP contribution in [0.25, 0.3) is 0 Å². The van der Waals surface area contributed by atoms with Crippen LogP contribution in [0.5, 0.6) is 17.2 Å². The number of anilines is 1. The van der Waals surface area contributed by atoms with Crippen molar-refractivity contribution in [1.82, 2.24) is 0 Å². The van der Waals surface area contributed by atoms with Crippen LogP contribution < -0.4 is 14.8 Å². The van der Waals surface area contributed by atoms with Gasteiger partial charge in [-0.15, -0.1) is 0 Å². The molecule has 0 fully saturated rings. The number of halogens is 1. The SMILES string of the molecule is CCOc1ccc(Br)cc1C(=O)Nc1ccccc1Oc1ccccc1. The Bertz CT molecular complexity index is 897. The van der Waals surface area contributed by atoms with Gasteiger partial charge in [-0.1, -0.05) is 46.3 Å². The van der Waals surface area contributed by atoms with Crippen LogP contribution in [-0.4, -0.2) is 12.5 Å². The minimum absolute atomic E-state index is 0.265. The van der Waals surface area contributed by atoms with E-state index in [-0.39, 0.29) is 5.91 Å². The van der Waals surface area contributed by atoms with Gasteiger partial charge in [0.2, 0.25) is 0 Å². The zero-order valence-electron chi connectivity index (χ0n) is 14.2. The van der Waals surface area contributed by atoms with E-state index in [0.717, 1.165) is 4.47 Å². The average molecular weight is 412 g/mol. The van der Waals surface area contributed by atoms with E-state index in [4.69, 9.17) is 9.47 Å². The Morgan fingerprint density at radius 2 is 1.69 bits per heavy atom. The summed E-state index contributed by atoms with van der Waals surface area (Å²) in [5, 5.41) is 2.91. The molecule has 0 aliphatic rings. The van der Waals surface area contributed by atoms with Crippen LogP contribution in [0.1, 0.15) is 17.3 Å². The molecule has 0 spiro atoms. The van der Waals surface area contributed by atoms with Crippen molar-refractivity contribution in [2.45, 2.75) is 6.92 Å². The number of hydrogen-bond donors (Lipinski definition) is 1. The molecule has 0 aromatic heterocycles. The predicted octanol–water partition coefficient (Wildman–Crippen LogP) is 5.89. The monoisotopic (exact) mass is 411 g/mol. The Balaban J connectivity index is 1.85. The van der Waals surface area contributed by atoms with Crippen molar-refractivity contribution in [3.63, 3.8) is 0 Å². The zero-order valence-corrected chi connectivity index (χ0v) is 15.8. The first-order valence-electron chi connectivity index (χ1n) is 8.23. The van der Waals surface area contributed by atoms with Crippen molar-refractivity contribution < 1.29 is 14.3 Å². The summed E-state index contributed by atoms with van der Waals surface area (Å²) >= 11 is 3.40. The Morgan fingerprint density at radius 1 is 0.962 bits per heavy atom. The molecular formula is C21H18BrNO3. The molecule has 0 unspecified atom stereocenters. The highest BCUT2D eigenvalue weighted by Gasteiger charge is 2.15. The number of rotatable bonds is 6. The Kier molecular flexibility index (Phi) is 5.92. The van der Waals surface area contributed by atoms with Crippen molar-refractivity contribution in [3.8, 4) is 17.2 Å². The summed E-state index contributed by atoms with van der Waals surface area (Å²) in [6.45, 7) is 2.36. The highest BCUT2D eigenvalue weighted by Crippen LogP contribution is 2.31. The Morgan fingerprint density at radius 3 is 2.46 bits per heavy atom. The summed E-state index contributed by atoms with van der Waals surface area (Å²) in [7, 11) is 0. The molecular weight excluding hydrogens is 394 g/mol. The van der Waals surface area contributed by atoms with E-state index >= 15 is 0 Å². The second kappa shape index (κ2) is 8.54. The van der Waals surface area contributed by atoms with E-state index in [1.165, 1.54) is 0 Å². The minimum atomic E-state index is -0.265. The van der Waals surface area contributed by atoms with Gasteiger partial charge in [-0.2, -0.15) is 0 Å². The van der Waals surface area contributed by atoms with Crippen LogP contribution in [0, 0.1) is 0 Å². The summed E-state index contributed by atoms with van der Waals surface area (Å²) < 4.78 is 12.3. The number of carbonyl (C=O) groups excluding carboxylic acids is 1. The number of amides is 1. The van der Waals surface area contributed by atoms with Crippen LogP contribution in [0.15, 0.2) is 77.3 Å². The third kappa shape index (κ3) is 4.43. The fourth-order valence-corrected chi connectivity index (χ4v) is 2.79. The van der Waals surface area contributed by atoms with Crippen molar-refractivity contribution in [2.24, 2.45) is 0 Å². The standard InChI is InChI=1S/C21H18BrNO3/c1-2-25-19-13-12-15(22)14-17(19)21(24)23-18-10-6-7-11-20(18)26-16-8-4-3-5-9-16/h3-14H,2H2,1H3,(H,23,24). The molecule has 3 rings (SSSR count). The molecule has 0 radical (unpaired) electrons.